The van der Waals surface area contributed by atoms with Crippen molar-refractivity contribution in [1.82, 2.24) is 4.90 Å². The number of unbranched alkanes of at least 4 members (excludes halogenated alkanes) is 30. The molecule has 7 heteroatoms. The molecule has 52 heavy (non-hydrogen) atoms. The average Bonchev–Trinajstić information content (AvgIpc) is 3.13. The molecule has 0 saturated heterocycles. The molecule has 5 nitrogen and oxygen atoms in total. The Balaban J connectivity index is 3.95. The molecule has 0 bridgehead atoms. The van der Waals surface area contributed by atoms with Crippen LogP contribution in [0.5, 0.6) is 0 Å². The van der Waals surface area contributed by atoms with Crippen molar-refractivity contribution in [3.05, 3.63) is 0 Å². The zero-order valence-corrected chi connectivity index (χ0v) is 37.0. The molecule has 0 aliphatic rings. The van der Waals surface area contributed by atoms with E-state index in [-0.39, 0.29) is 18.4 Å². The molecule has 0 saturated carbocycles. The fourth-order valence-electron chi connectivity index (χ4n) is 6.69. The SMILES string of the molecule is CCCCCCCCCCCCCCCCCCOC(=O)CC(SSCCCN(C)C)C(=O)OCCCCCCCCCCCCCCCCCC. The molecule has 0 heterocycles. The van der Waals surface area contributed by atoms with E-state index in [1.807, 2.05) is 0 Å². The summed E-state index contributed by atoms with van der Waals surface area (Å²) in [5, 5.41) is -0.497. The molecule has 0 fully saturated rings. The topological polar surface area (TPSA) is 55.8 Å². The molecule has 1 atom stereocenters. The van der Waals surface area contributed by atoms with E-state index >= 15 is 0 Å². The number of rotatable bonds is 43. The maximum atomic E-state index is 13.0. The third kappa shape index (κ3) is 40.8. The van der Waals surface area contributed by atoms with Crippen LogP contribution in [0, 0.1) is 0 Å². The lowest BCUT2D eigenvalue weighted by molar-refractivity contribution is -0.149. The van der Waals surface area contributed by atoms with Crippen LogP contribution in [0.4, 0.5) is 0 Å². The van der Waals surface area contributed by atoms with Gasteiger partial charge in [-0.3, -0.25) is 9.59 Å². The summed E-state index contributed by atoms with van der Waals surface area (Å²) in [4.78, 5) is 27.8. The van der Waals surface area contributed by atoms with Gasteiger partial charge in [0.2, 0.25) is 0 Å². The summed E-state index contributed by atoms with van der Waals surface area (Å²) >= 11 is 0. The molecule has 0 aromatic heterocycles. The third-order valence-corrected chi connectivity index (χ3v) is 12.9. The van der Waals surface area contributed by atoms with E-state index in [9.17, 15) is 9.59 Å². The van der Waals surface area contributed by atoms with E-state index in [2.05, 4.69) is 32.8 Å². The second-order valence-electron chi connectivity index (χ2n) is 15.8. The number of carbonyl (C=O) groups is 2. The van der Waals surface area contributed by atoms with Crippen molar-refractivity contribution >= 4 is 33.5 Å². The van der Waals surface area contributed by atoms with Crippen molar-refractivity contribution in [3.8, 4) is 0 Å². The Bertz CT molecular complexity index is 738. The van der Waals surface area contributed by atoms with Crippen molar-refractivity contribution in [2.24, 2.45) is 0 Å². The molecule has 310 valence electrons. The highest BCUT2D eigenvalue weighted by Crippen LogP contribution is 2.31. The molecule has 0 rings (SSSR count). The number of nitrogens with zero attached hydrogens (tertiary/aromatic N) is 1. The lowest BCUT2D eigenvalue weighted by atomic mass is 10.0. The molecule has 0 amide bonds. The van der Waals surface area contributed by atoms with Crippen molar-refractivity contribution in [2.75, 3.05) is 39.6 Å². The Kier molecular flexibility index (Phi) is 43.0. The van der Waals surface area contributed by atoms with Crippen molar-refractivity contribution in [1.29, 1.82) is 0 Å². The van der Waals surface area contributed by atoms with Crippen LogP contribution in [-0.4, -0.2) is 61.7 Å². The van der Waals surface area contributed by atoms with E-state index < -0.39 is 5.25 Å². The van der Waals surface area contributed by atoms with Gasteiger partial charge >= 0.3 is 11.9 Å². The van der Waals surface area contributed by atoms with Gasteiger partial charge in [0.1, 0.15) is 5.25 Å². The summed E-state index contributed by atoms with van der Waals surface area (Å²) in [7, 11) is 7.31. The Hall–Kier alpha value is -0.400. The maximum Gasteiger partial charge on any atom is 0.320 e. The van der Waals surface area contributed by atoms with E-state index in [0.29, 0.717) is 13.2 Å². The van der Waals surface area contributed by atoms with Crippen molar-refractivity contribution < 1.29 is 19.1 Å². The molecule has 0 aliphatic heterocycles. The third-order valence-electron chi connectivity index (χ3n) is 10.1. The minimum Gasteiger partial charge on any atom is -0.466 e. The normalized spacial score (nSPS) is 12.1. The van der Waals surface area contributed by atoms with E-state index in [1.54, 1.807) is 10.8 Å². The van der Waals surface area contributed by atoms with E-state index in [4.69, 9.17) is 9.47 Å². The van der Waals surface area contributed by atoms with Gasteiger partial charge in [0.15, 0.2) is 0 Å². The van der Waals surface area contributed by atoms with Gasteiger partial charge < -0.3 is 14.4 Å². The predicted molar refractivity (Wildman–Crippen MR) is 233 cm³/mol. The largest absolute Gasteiger partial charge is 0.466 e. The first-order valence-electron chi connectivity index (χ1n) is 22.8. The lowest BCUT2D eigenvalue weighted by Gasteiger charge is -2.15. The minimum atomic E-state index is -0.497. The Morgan fingerprint density at radius 1 is 0.462 bits per heavy atom. The van der Waals surface area contributed by atoms with Gasteiger partial charge in [-0.1, -0.05) is 228 Å². The highest BCUT2D eigenvalue weighted by atomic mass is 33.1. The smallest absolute Gasteiger partial charge is 0.320 e. The monoisotopic (exact) mass is 772 g/mol. The highest BCUT2D eigenvalue weighted by Gasteiger charge is 2.25. The van der Waals surface area contributed by atoms with Crippen molar-refractivity contribution in [2.45, 2.75) is 237 Å². The second-order valence-corrected chi connectivity index (χ2v) is 18.5. The molecule has 0 radical (unpaired) electrons. The number of carbonyl (C=O) groups excluding carboxylic acids is 2. The van der Waals surface area contributed by atoms with Gasteiger partial charge in [0.05, 0.1) is 19.6 Å². The van der Waals surface area contributed by atoms with Gasteiger partial charge in [0, 0.05) is 5.75 Å². The van der Waals surface area contributed by atoms with Crippen molar-refractivity contribution in [3.63, 3.8) is 0 Å². The summed E-state index contributed by atoms with van der Waals surface area (Å²) < 4.78 is 11.2. The fraction of sp³-hybridized carbons (Fsp3) is 0.956. The van der Waals surface area contributed by atoms with Crippen LogP contribution in [0.1, 0.15) is 232 Å². The molecule has 0 N–H and O–H groups in total. The van der Waals surface area contributed by atoms with Gasteiger partial charge in [0.25, 0.3) is 0 Å². The van der Waals surface area contributed by atoms with Crippen LogP contribution in [0.3, 0.4) is 0 Å². The molecular formula is C45H89NO4S2. The van der Waals surface area contributed by atoms with Crippen LogP contribution >= 0.6 is 21.6 Å². The summed E-state index contributed by atoms with van der Waals surface area (Å²) in [6.45, 7) is 6.49. The first-order chi connectivity index (χ1) is 25.5. The van der Waals surface area contributed by atoms with Gasteiger partial charge in [-0.05, 0) is 39.9 Å². The standard InChI is InChI=1S/C45H89NO4S2/c1-5-7-9-11-13-15-17-19-21-23-25-27-29-31-33-35-39-49-44(47)42-43(52-51-41-37-38-46(3)4)45(48)50-40-36-34-32-30-28-26-24-22-20-18-16-14-12-10-8-6-2/h43H,5-42H2,1-4H3. The van der Waals surface area contributed by atoms with Gasteiger partial charge in [-0.15, -0.1) is 0 Å². The predicted octanol–water partition coefficient (Wildman–Crippen LogP) is 14.7. The summed E-state index contributed by atoms with van der Waals surface area (Å²) in [6.07, 6.45) is 43.6. The summed E-state index contributed by atoms with van der Waals surface area (Å²) in [6, 6.07) is 0. The fourth-order valence-corrected chi connectivity index (χ4v) is 9.12. The molecule has 1 unspecified atom stereocenters. The Morgan fingerprint density at radius 3 is 1.13 bits per heavy atom. The molecule has 0 aromatic rings. The number of ether oxygens (including phenoxy) is 2. The molecule has 0 aromatic carbocycles. The average molecular weight is 772 g/mol. The Labute approximate surface area is 333 Å². The maximum absolute atomic E-state index is 13.0. The minimum absolute atomic E-state index is 0.0992. The quantitative estimate of drug-likeness (QED) is 0.0347. The zero-order chi connectivity index (χ0) is 38.0. The summed E-state index contributed by atoms with van der Waals surface area (Å²) in [5.74, 6) is 0.414. The summed E-state index contributed by atoms with van der Waals surface area (Å²) in [5.41, 5.74) is 0. The number of hydrogen-bond acceptors (Lipinski definition) is 7. The van der Waals surface area contributed by atoms with Crippen LogP contribution < -0.4 is 0 Å². The highest BCUT2D eigenvalue weighted by molar-refractivity contribution is 8.77. The molecule has 0 spiro atoms. The van der Waals surface area contributed by atoms with Gasteiger partial charge in [-0.25, -0.2) is 0 Å². The molecular weight excluding hydrogens is 683 g/mol. The van der Waals surface area contributed by atoms with Crippen LogP contribution in [0.25, 0.3) is 0 Å². The molecule has 0 aliphatic carbocycles. The van der Waals surface area contributed by atoms with Crippen LogP contribution in [0.15, 0.2) is 0 Å². The van der Waals surface area contributed by atoms with Gasteiger partial charge in [-0.2, -0.15) is 0 Å². The van der Waals surface area contributed by atoms with E-state index in [0.717, 1.165) is 44.4 Å². The van der Waals surface area contributed by atoms with Crippen LogP contribution in [-0.2, 0) is 19.1 Å². The van der Waals surface area contributed by atoms with E-state index in [1.165, 1.54) is 191 Å². The number of esters is 2. The number of hydrogen-bond donors (Lipinski definition) is 0. The Morgan fingerprint density at radius 2 is 0.788 bits per heavy atom. The zero-order valence-electron chi connectivity index (χ0n) is 35.3. The first-order valence-corrected chi connectivity index (χ1v) is 25.1. The lowest BCUT2D eigenvalue weighted by Crippen LogP contribution is -2.24. The van der Waals surface area contributed by atoms with Crippen LogP contribution in [0.2, 0.25) is 0 Å². The first kappa shape index (κ1) is 51.6. The second kappa shape index (κ2) is 43.3.